The highest BCUT2D eigenvalue weighted by Crippen LogP contribution is 2.31. The van der Waals surface area contributed by atoms with Crippen LogP contribution in [0.25, 0.3) is 0 Å². The van der Waals surface area contributed by atoms with E-state index >= 15 is 0 Å². The second kappa shape index (κ2) is 9.29. The number of anilines is 1. The minimum Gasteiger partial charge on any atom is -0.443 e. The Hall–Kier alpha value is -4.21. The van der Waals surface area contributed by atoms with Crippen LogP contribution in [0.3, 0.4) is 0 Å². The van der Waals surface area contributed by atoms with Gasteiger partial charge in [0, 0.05) is 17.3 Å². The molecule has 1 atom stereocenters. The third-order valence-corrected chi connectivity index (χ3v) is 4.34. The molecule has 32 heavy (non-hydrogen) atoms. The van der Waals surface area contributed by atoms with Crippen molar-refractivity contribution in [3.05, 3.63) is 106 Å². The number of esters is 1. The van der Waals surface area contributed by atoms with E-state index in [0.717, 1.165) is 24.3 Å². The van der Waals surface area contributed by atoms with Gasteiger partial charge in [-0.1, -0.05) is 48.5 Å². The third kappa shape index (κ3) is 5.28. The Bertz CT molecular complexity index is 1150. The monoisotopic (exact) mass is 444 g/mol. The Balaban J connectivity index is 1.90. The molecule has 0 aromatic heterocycles. The fourth-order valence-electron chi connectivity index (χ4n) is 2.86. The molecule has 7 nitrogen and oxygen atoms in total. The Morgan fingerprint density at radius 2 is 1.59 bits per heavy atom. The van der Waals surface area contributed by atoms with Gasteiger partial charge < -0.3 is 10.1 Å². The van der Waals surface area contributed by atoms with Gasteiger partial charge in [0.1, 0.15) is 5.56 Å². The van der Waals surface area contributed by atoms with Crippen LogP contribution in [-0.4, -0.2) is 16.8 Å². The number of hydrogen-bond donors (Lipinski definition) is 1. The maximum atomic E-state index is 13.0. The molecule has 0 fully saturated rings. The lowest BCUT2D eigenvalue weighted by atomic mass is 10.1. The van der Waals surface area contributed by atoms with Crippen molar-refractivity contribution in [1.82, 2.24) is 0 Å². The van der Waals surface area contributed by atoms with E-state index in [1.54, 1.807) is 18.2 Å². The lowest BCUT2D eigenvalue weighted by Gasteiger charge is -2.18. The summed E-state index contributed by atoms with van der Waals surface area (Å²) < 4.78 is 44.1. The smallest absolute Gasteiger partial charge is 0.416 e. The van der Waals surface area contributed by atoms with E-state index < -0.39 is 40.3 Å². The molecule has 1 unspecified atom stereocenters. The summed E-state index contributed by atoms with van der Waals surface area (Å²) in [5.74, 6) is -2.06. The maximum Gasteiger partial charge on any atom is 0.416 e. The molecule has 0 aliphatic rings. The first kappa shape index (κ1) is 22.5. The number of hydrogen-bond acceptors (Lipinski definition) is 5. The molecule has 0 aliphatic heterocycles. The normalized spacial score (nSPS) is 12.0. The Morgan fingerprint density at radius 1 is 0.938 bits per heavy atom. The molecule has 0 radical (unpaired) electrons. The van der Waals surface area contributed by atoms with E-state index in [-0.39, 0.29) is 16.8 Å². The summed E-state index contributed by atoms with van der Waals surface area (Å²) in [5, 5.41) is 13.5. The lowest BCUT2D eigenvalue weighted by molar-refractivity contribution is -0.385. The molecule has 0 saturated heterocycles. The number of benzene rings is 3. The van der Waals surface area contributed by atoms with Crippen LogP contribution in [-0.2, 0) is 15.7 Å². The van der Waals surface area contributed by atoms with E-state index in [1.165, 1.54) is 36.4 Å². The summed E-state index contributed by atoms with van der Waals surface area (Å²) in [5.41, 5.74) is -1.78. The Morgan fingerprint density at radius 3 is 2.25 bits per heavy atom. The average Bonchev–Trinajstić information content (AvgIpc) is 2.77. The summed E-state index contributed by atoms with van der Waals surface area (Å²) in [6, 6.07) is 16.7. The van der Waals surface area contributed by atoms with Crippen molar-refractivity contribution in [3.8, 4) is 0 Å². The van der Waals surface area contributed by atoms with Gasteiger partial charge in [0.2, 0.25) is 6.10 Å². The van der Waals surface area contributed by atoms with E-state index in [1.807, 2.05) is 0 Å². The zero-order valence-corrected chi connectivity index (χ0v) is 16.2. The zero-order valence-electron chi connectivity index (χ0n) is 16.2. The molecule has 164 valence electrons. The Kier molecular flexibility index (Phi) is 6.53. The van der Waals surface area contributed by atoms with Gasteiger partial charge in [-0.2, -0.15) is 13.2 Å². The number of nitro groups is 1. The minimum absolute atomic E-state index is 0.160. The first-order chi connectivity index (χ1) is 15.2. The number of nitrogens with zero attached hydrogens (tertiary/aromatic N) is 1. The fourth-order valence-corrected chi connectivity index (χ4v) is 2.86. The molecule has 1 N–H and O–H groups in total. The number of alkyl halides is 3. The number of halogens is 3. The topological polar surface area (TPSA) is 98.5 Å². The van der Waals surface area contributed by atoms with Crippen LogP contribution in [0.1, 0.15) is 27.6 Å². The van der Waals surface area contributed by atoms with Crippen molar-refractivity contribution >= 4 is 23.3 Å². The number of carbonyl (C=O) groups is 2. The van der Waals surface area contributed by atoms with Crippen molar-refractivity contribution in [3.63, 3.8) is 0 Å². The number of rotatable bonds is 6. The predicted octanol–water partition coefficient (Wildman–Crippen LogP) is 5.15. The summed E-state index contributed by atoms with van der Waals surface area (Å²) in [4.78, 5) is 35.9. The van der Waals surface area contributed by atoms with Gasteiger partial charge in [-0.15, -0.1) is 0 Å². The first-order valence-corrected chi connectivity index (χ1v) is 9.14. The largest absolute Gasteiger partial charge is 0.443 e. The molecule has 0 saturated carbocycles. The van der Waals surface area contributed by atoms with Crippen molar-refractivity contribution < 1.29 is 32.4 Å². The van der Waals surface area contributed by atoms with Gasteiger partial charge in [-0.05, 0) is 24.3 Å². The molecule has 0 aliphatic carbocycles. The van der Waals surface area contributed by atoms with Gasteiger partial charge in [-0.25, -0.2) is 4.79 Å². The van der Waals surface area contributed by atoms with Gasteiger partial charge in [-0.3, -0.25) is 14.9 Å². The van der Waals surface area contributed by atoms with Gasteiger partial charge >= 0.3 is 12.1 Å². The van der Waals surface area contributed by atoms with Crippen LogP contribution in [0.5, 0.6) is 0 Å². The van der Waals surface area contributed by atoms with E-state index in [2.05, 4.69) is 5.32 Å². The van der Waals surface area contributed by atoms with Crippen LogP contribution in [0.4, 0.5) is 24.5 Å². The van der Waals surface area contributed by atoms with E-state index in [0.29, 0.717) is 0 Å². The van der Waals surface area contributed by atoms with Crippen LogP contribution in [0.15, 0.2) is 78.9 Å². The number of amides is 1. The van der Waals surface area contributed by atoms with E-state index in [4.69, 9.17) is 4.74 Å². The number of nitrogens with one attached hydrogen (secondary N) is 1. The average molecular weight is 444 g/mol. The fraction of sp³-hybridized carbons (Fsp3) is 0.0909. The first-order valence-electron chi connectivity index (χ1n) is 9.14. The van der Waals surface area contributed by atoms with Crippen LogP contribution >= 0.6 is 0 Å². The number of carbonyl (C=O) groups excluding carboxylic acids is 2. The standard InChI is InChI=1S/C22H15F3N2O5/c23-22(24,25)15-9-6-10-16(13-15)26-20(28)19(14-7-2-1-3-8-14)32-21(29)17-11-4-5-12-18(17)27(30)31/h1-13,19H,(H,26,28). The predicted molar refractivity (Wildman–Crippen MR) is 108 cm³/mol. The second-order valence-electron chi connectivity index (χ2n) is 6.54. The molecule has 3 rings (SSSR count). The lowest BCUT2D eigenvalue weighted by Crippen LogP contribution is -2.26. The highest BCUT2D eigenvalue weighted by molar-refractivity contribution is 5.99. The molecule has 3 aromatic carbocycles. The van der Waals surface area contributed by atoms with Crippen molar-refractivity contribution in [2.24, 2.45) is 0 Å². The molecule has 0 heterocycles. The molecular formula is C22H15F3N2O5. The number of ether oxygens (including phenoxy) is 1. The van der Waals surface area contributed by atoms with Gasteiger partial charge in [0.25, 0.3) is 11.6 Å². The summed E-state index contributed by atoms with van der Waals surface area (Å²) in [6.07, 6.45) is -6.18. The maximum absolute atomic E-state index is 13.0. The molecule has 1 amide bonds. The van der Waals surface area contributed by atoms with Crippen LogP contribution in [0, 0.1) is 10.1 Å². The summed E-state index contributed by atoms with van der Waals surface area (Å²) >= 11 is 0. The molecule has 0 spiro atoms. The number of para-hydroxylation sites is 1. The molecular weight excluding hydrogens is 429 g/mol. The number of nitro benzene ring substituents is 1. The second-order valence-corrected chi connectivity index (χ2v) is 6.54. The molecule has 3 aromatic rings. The van der Waals surface area contributed by atoms with Gasteiger partial charge in [0.05, 0.1) is 10.5 Å². The van der Waals surface area contributed by atoms with Crippen molar-refractivity contribution in [1.29, 1.82) is 0 Å². The summed E-state index contributed by atoms with van der Waals surface area (Å²) in [7, 11) is 0. The highest BCUT2D eigenvalue weighted by atomic mass is 19.4. The third-order valence-electron chi connectivity index (χ3n) is 4.34. The van der Waals surface area contributed by atoms with Crippen molar-refractivity contribution in [2.45, 2.75) is 12.3 Å². The quantitative estimate of drug-likeness (QED) is 0.322. The zero-order chi connectivity index (χ0) is 23.3. The Labute approximate surface area is 179 Å². The minimum atomic E-state index is -4.61. The van der Waals surface area contributed by atoms with Crippen molar-refractivity contribution in [2.75, 3.05) is 5.32 Å². The highest BCUT2D eigenvalue weighted by Gasteiger charge is 2.32. The summed E-state index contributed by atoms with van der Waals surface area (Å²) in [6.45, 7) is 0. The van der Waals surface area contributed by atoms with E-state index in [9.17, 15) is 32.9 Å². The van der Waals surface area contributed by atoms with Crippen LogP contribution in [0.2, 0.25) is 0 Å². The SMILES string of the molecule is O=C(OC(C(=O)Nc1cccc(C(F)(F)F)c1)c1ccccc1)c1ccccc1[N+](=O)[O-]. The molecule has 0 bridgehead atoms. The van der Waals surface area contributed by atoms with Gasteiger partial charge in [0.15, 0.2) is 0 Å². The van der Waals surface area contributed by atoms with Crippen LogP contribution < -0.4 is 5.32 Å². The molecule has 10 heteroatoms.